The number of pyridine rings is 1. The van der Waals surface area contributed by atoms with Gasteiger partial charge in [-0.3, -0.25) is 0 Å². The number of fused-ring (bicyclic) bond motifs is 3. The Kier molecular flexibility index (Phi) is 3.76. The number of hydrogen-bond donors (Lipinski definition) is 0. The largest absolute Gasteiger partial charge is 0.488 e. The lowest BCUT2D eigenvalue weighted by molar-refractivity contribution is -0.685. The molecule has 1 aliphatic heterocycles. The molecule has 0 saturated heterocycles. The molecule has 3 aromatic rings. The first kappa shape index (κ1) is 14.3. The summed E-state index contributed by atoms with van der Waals surface area (Å²) in [5, 5.41) is 0.722. The van der Waals surface area contributed by atoms with Gasteiger partial charge in [0.15, 0.2) is 6.54 Å². The summed E-state index contributed by atoms with van der Waals surface area (Å²) in [5.41, 5.74) is 4.88. The van der Waals surface area contributed by atoms with Gasteiger partial charge in [0, 0.05) is 12.0 Å². The van der Waals surface area contributed by atoms with Crippen molar-refractivity contribution in [3.05, 3.63) is 83.0 Å². The molecule has 0 fully saturated rings. The molecule has 4 rings (SSSR count). The van der Waals surface area contributed by atoms with E-state index >= 15 is 0 Å². The standard InChI is InChI=1S/C20H17ClNO/c21-20-13-17(23-14-15-6-2-1-3-7-15)12-19-18-9-5-4-8-16(18)10-11-22(19)20/h1-9,12-13H,10-11,14H2/q+1. The van der Waals surface area contributed by atoms with Crippen molar-refractivity contribution in [2.24, 2.45) is 0 Å². The lowest BCUT2D eigenvalue weighted by atomic mass is 9.97. The highest BCUT2D eigenvalue weighted by Crippen LogP contribution is 2.30. The monoisotopic (exact) mass is 322 g/mol. The Labute approximate surface area is 140 Å². The van der Waals surface area contributed by atoms with Crippen LogP contribution in [0.3, 0.4) is 0 Å². The predicted molar refractivity (Wildman–Crippen MR) is 91.6 cm³/mol. The highest BCUT2D eigenvalue weighted by molar-refractivity contribution is 6.28. The molecule has 0 aliphatic carbocycles. The molecule has 2 aromatic carbocycles. The summed E-state index contributed by atoms with van der Waals surface area (Å²) < 4.78 is 8.11. The maximum absolute atomic E-state index is 6.48. The van der Waals surface area contributed by atoms with E-state index in [1.54, 1.807) is 0 Å². The lowest BCUT2D eigenvalue weighted by Gasteiger charge is -2.16. The summed E-state index contributed by atoms with van der Waals surface area (Å²) in [6.07, 6.45) is 1.01. The molecule has 114 valence electrons. The molecule has 2 nitrogen and oxygen atoms in total. The molecule has 0 bridgehead atoms. The number of aromatic nitrogens is 1. The Balaban J connectivity index is 1.67. The van der Waals surface area contributed by atoms with Gasteiger partial charge in [0.25, 0.3) is 5.15 Å². The predicted octanol–water partition coefficient (Wildman–Crippen LogP) is 4.43. The summed E-state index contributed by atoms with van der Waals surface area (Å²) in [6, 6.07) is 22.7. The molecule has 0 N–H and O–H groups in total. The van der Waals surface area contributed by atoms with Crippen LogP contribution in [0.2, 0.25) is 5.15 Å². The Morgan fingerprint density at radius 1 is 0.957 bits per heavy atom. The van der Waals surface area contributed by atoms with Crippen molar-refractivity contribution in [2.75, 3.05) is 0 Å². The van der Waals surface area contributed by atoms with Crippen LogP contribution in [-0.4, -0.2) is 0 Å². The Hall–Kier alpha value is -2.32. The summed E-state index contributed by atoms with van der Waals surface area (Å²) >= 11 is 6.48. The molecule has 0 atom stereocenters. The van der Waals surface area contributed by atoms with Crippen molar-refractivity contribution in [3.8, 4) is 17.0 Å². The van der Waals surface area contributed by atoms with Gasteiger partial charge in [0.05, 0.1) is 12.1 Å². The third kappa shape index (κ3) is 2.82. The smallest absolute Gasteiger partial charge is 0.279 e. The number of aryl methyl sites for hydroxylation is 1. The normalized spacial score (nSPS) is 12.4. The number of benzene rings is 2. The van der Waals surface area contributed by atoms with Crippen molar-refractivity contribution in [1.82, 2.24) is 0 Å². The van der Waals surface area contributed by atoms with Crippen molar-refractivity contribution in [2.45, 2.75) is 19.6 Å². The van der Waals surface area contributed by atoms with E-state index in [0.717, 1.165) is 35.1 Å². The van der Waals surface area contributed by atoms with E-state index in [1.165, 1.54) is 11.1 Å². The van der Waals surface area contributed by atoms with E-state index in [0.29, 0.717) is 6.61 Å². The third-order valence-electron chi connectivity index (χ3n) is 4.24. The van der Waals surface area contributed by atoms with E-state index in [-0.39, 0.29) is 0 Å². The van der Waals surface area contributed by atoms with Crippen LogP contribution in [0.25, 0.3) is 11.3 Å². The van der Waals surface area contributed by atoms with Gasteiger partial charge in [-0.25, -0.2) is 0 Å². The van der Waals surface area contributed by atoms with E-state index in [2.05, 4.69) is 47.0 Å². The van der Waals surface area contributed by atoms with Gasteiger partial charge in [-0.15, -0.1) is 0 Å². The van der Waals surface area contributed by atoms with Gasteiger partial charge in [-0.2, -0.15) is 4.57 Å². The molecule has 0 saturated carbocycles. The quantitative estimate of drug-likeness (QED) is 0.513. The fourth-order valence-electron chi connectivity index (χ4n) is 3.06. The molecule has 2 heterocycles. The Bertz CT molecular complexity index is 846. The summed E-state index contributed by atoms with van der Waals surface area (Å²) in [4.78, 5) is 0. The Morgan fingerprint density at radius 2 is 1.74 bits per heavy atom. The fraction of sp³-hybridized carbons (Fsp3) is 0.150. The topological polar surface area (TPSA) is 13.1 Å². The molecule has 0 amide bonds. The third-order valence-corrected chi connectivity index (χ3v) is 4.55. The first-order valence-electron chi connectivity index (χ1n) is 7.80. The molecule has 0 radical (unpaired) electrons. The first-order valence-corrected chi connectivity index (χ1v) is 8.17. The molecule has 3 heteroatoms. The van der Waals surface area contributed by atoms with Gasteiger partial charge < -0.3 is 4.74 Å². The zero-order valence-electron chi connectivity index (χ0n) is 12.7. The van der Waals surface area contributed by atoms with Crippen molar-refractivity contribution < 1.29 is 9.30 Å². The second kappa shape index (κ2) is 6.05. The number of rotatable bonds is 3. The fourth-order valence-corrected chi connectivity index (χ4v) is 3.34. The second-order valence-electron chi connectivity index (χ2n) is 5.73. The summed E-state index contributed by atoms with van der Waals surface area (Å²) in [7, 11) is 0. The van der Waals surface area contributed by atoms with Crippen LogP contribution in [0.15, 0.2) is 66.7 Å². The van der Waals surface area contributed by atoms with Crippen molar-refractivity contribution in [1.29, 1.82) is 0 Å². The zero-order valence-corrected chi connectivity index (χ0v) is 13.5. The minimum Gasteiger partial charge on any atom is -0.488 e. The molecule has 1 aromatic heterocycles. The SMILES string of the molecule is Clc1cc(OCc2ccccc2)cc2[n+]1CCc1ccccc1-2. The lowest BCUT2D eigenvalue weighted by Crippen LogP contribution is -2.41. The number of hydrogen-bond acceptors (Lipinski definition) is 1. The van der Waals surface area contributed by atoms with Crippen molar-refractivity contribution in [3.63, 3.8) is 0 Å². The van der Waals surface area contributed by atoms with E-state index < -0.39 is 0 Å². The maximum atomic E-state index is 6.48. The number of ether oxygens (including phenoxy) is 1. The average molecular weight is 323 g/mol. The van der Waals surface area contributed by atoms with E-state index in [4.69, 9.17) is 16.3 Å². The zero-order chi connectivity index (χ0) is 15.6. The average Bonchev–Trinajstić information content (AvgIpc) is 2.61. The minimum absolute atomic E-state index is 0.544. The summed E-state index contributed by atoms with van der Waals surface area (Å²) in [6.45, 7) is 1.45. The van der Waals surface area contributed by atoms with Crippen LogP contribution < -0.4 is 9.30 Å². The molecule has 0 unspecified atom stereocenters. The second-order valence-corrected chi connectivity index (χ2v) is 6.12. The highest BCUT2D eigenvalue weighted by Gasteiger charge is 2.26. The molecule has 1 aliphatic rings. The van der Waals surface area contributed by atoms with Gasteiger partial charge in [0.2, 0.25) is 5.69 Å². The molecule has 23 heavy (non-hydrogen) atoms. The maximum Gasteiger partial charge on any atom is 0.279 e. The van der Waals surface area contributed by atoms with E-state index in [9.17, 15) is 0 Å². The molecular formula is C20H17ClNO+. The molecule has 0 spiro atoms. The van der Waals surface area contributed by atoms with Crippen LogP contribution in [-0.2, 0) is 19.6 Å². The van der Waals surface area contributed by atoms with Gasteiger partial charge in [0.1, 0.15) is 12.4 Å². The van der Waals surface area contributed by atoms with Crippen LogP contribution in [0.4, 0.5) is 0 Å². The number of halogens is 1. The minimum atomic E-state index is 0.544. The van der Waals surface area contributed by atoms with Crippen LogP contribution in [0.5, 0.6) is 5.75 Å². The molecular weight excluding hydrogens is 306 g/mol. The highest BCUT2D eigenvalue weighted by atomic mass is 35.5. The van der Waals surface area contributed by atoms with Crippen LogP contribution in [0, 0.1) is 0 Å². The Morgan fingerprint density at radius 3 is 2.61 bits per heavy atom. The van der Waals surface area contributed by atoms with Gasteiger partial charge >= 0.3 is 0 Å². The first-order chi connectivity index (χ1) is 11.3. The van der Waals surface area contributed by atoms with Gasteiger partial charge in [-0.05, 0) is 28.8 Å². The number of nitrogens with zero attached hydrogens (tertiary/aromatic N) is 1. The van der Waals surface area contributed by atoms with Crippen LogP contribution >= 0.6 is 11.6 Å². The summed E-state index contributed by atoms with van der Waals surface area (Å²) in [5.74, 6) is 0.807. The van der Waals surface area contributed by atoms with Gasteiger partial charge in [-0.1, -0.05) is 48.5 Å². The van der Waals surface area contributed by atoms with E-state index in [1.807, 2.05) is 24.3 Å². The van der Waals surface area contributed by atoms with Crippen LogP contribution in [0.1, 0.15) is 11.1 Å². The van der Waals surface area contributed by atoms with Crippen molar-refractivity contribution >= 4 is 11.6 Å².